The number of hydrogen-bond acceptors (Lipinski definition) is 6. The van der Waals surface area contributed by atoms with Crippen molar-refractivity contribution in [2.75, 3.05) is 25.0 Å². The molecule has 1 aromatic carbocycles. The van der Waals surface area contributed by atoms with Crippen LogP contribution in [0.1, 0.15) is 32.1 Å². The van der Waals surface area contributed by atoms with Crippen molar-refractivity contribution in [1.29, 1.82) is 0 Å². The normalized spacial score (nSPS) is 22.6. The highest BCUT2D eigenvalue weighted by atomic mass is 19.4. The molecule has 0 aromatic heterocycles. The summed E-state index contributed by atoms with van der Waals surface area (Å²) in [5.74, 6) is -6.06. The Kier molecular flexibility index (Phi) is 7.72. The van der Waals surface area contributed by atoms with E-state index in [1.807, 2.05) is 0 Å². The van der Waals surface area contributed by atoms with Crippen molar-refractivity contribution >= 4 is 35.1 Å². The maximum atomic E-state index is 13.9. The zero-order chi connectivity index (χ0) is 27.7. The van der Waals surface area contributed by atoms with Gasteiger partial charge in [-0.05, 0) is 49.7 Å². The van der Waals surface area contributed by atoms with Crippen LogP contribution in [0.25, 0.3) is 0 Å². The van der Waals surface area contributed by atoms with Crippen LogP contribution in [-0.4, -0.2) is 72.5 Å². The number of rotatable bonds is 8. The molecule has 0 bridgehead atoms. The third kappa shape index (κ3) is 6.47. The van der Waals surface area contributed by atoms with Gasteiger partial charge in [0.25, 0.3) is 0 Å². The fourth-order valence-corrected chi connectivity index (χ4v) is 4.86. The number of amides is 4. The average Bonchev–Trinajstić information content (AvgIpc) is 3.32. The molecule has 10 nitrogen and oxygen atoms in total. The first-order valence-corrected chi connectivity index (χ1v) is 12.1. The van der Waals surface area contributed by atoms with Gasteiger partial charge in [0.05, 0.1) is 11.7 Å². The molecule has 4 amide bonds. The van der Waals surface area contributed by atoms with E-state index in [-0.39, 0.29) is 30.5 Å². The van der Waals surface area contributed by atoms with Crippen LogP contribution in [-0.2, 0) is 28.7 Å². The van der Waals surface area contributed by atoms with Gasteiger partial charge in [-0.3, -0.25) is 28.7 Å². The third-order valence-electron chi connectivity index (χ3n) is 7.11. The van der Waals surface area contributed by atoms with E-state index in [0.717, 1.165) is 11.0 Å². The van der Waals surface area contributed by atoms with Crippen molar-refractivity contribution in [3.05, 3.63) is 30.1 Å². The third-order valence-corrected chi connectivity index (χ3v) is 7.11. The molecule has 206 valence electrons. The molecule has 3 aliphatic rings. The number of para-hydroxylation sites is 1. The van der Waals surface area contributed by atoms with Gasteiger partial charge in [-0.25, -0.2) is 4.39 Å². The minimum Gasteiger partial charge on any atom is -0.356 e. The maximum absolute atomic E-state index is 13.9. The summed E-state index contributed by atoms with van der Waals surface area (Å²) in [4.78, 5) is 64.5. The van der Waals surface area contributed by atoms with Crippen LogP contribution in [0.4, 0.5) is 23.2 Å². The van der Waals surface area contributed by atoms with E-state index in [1.165, 1.54) is 18.2 Å². The second-order valence-corrected chi connectivity index (χ2v) is 9.86. The molecule has 14 heteroatoms. The lowest BCUT2D eigenvalue weighted by molar-refractivity contribution is -0.321. The Morgan fingerprint density at radius 1 is 1.18 bits per heavy atom. The van der Waals surface area contributed by atoms with E-state index in [2.05, 4.69) is 20.7 Å². The number of carbonyl (C=O) groups excluding carboxylic acids is 5. The number of nitrogens with zero attached hydrogens (tertiary/aromatic N) is 1. The Labute approximate surface area is 214 Å². The van der Waals surface area contributed by atoms with Gasteiger partial charge in [0.1, 0.15) is 18.5 Å². The maximum Gasteiger partial charge on any atom is 0.522 e. The predicted octanol–water partition coefficient (Wildman–Crippen LogP) is 1.26. The Bertz CT molecular complexity index is 1140. The molecule has 4 rings (SSSR count). The molecule has 1 spiro atoms. The molecule has 38 heavy (non-hydrogen) atoms. The second-order valence-electron chi connectivity index (χ2n) is 9.86. The van der Waals surface area contributed by atoms with Crippen LogP contribution < -0.4 is 16.0 Å². The Hall–Kier alpha value is -3.55. The molecule has 3 N–H and O–H groups in total. The fraction of sp³-hybridized carbons (Fsp3) is 0.542. The number of alkyl halides is 3. The first-order chi connectivity index (χ1) is 17.9. The van der Waals surface area contributed by atoms with E-state index in [4.69, 9.17) is 0 Å². The Morgan fingerprint density at radius 3 is 2.50 bits per heavy atom. The van der Waals surface area contributed by atoms with Gasteiger partial charge < -0.3 is 20.9 Å². The minimum atomic E-state index is -5.08. The molecule has 0 unspecified atom stereocenters. The molecule has 2 heterocycles. The number of benzene rings is 1. The van der Waals surface area contributed by atoms with Crippen LogP contribution in [0.5, 0.6) is 0 Å². The van der Waals surface area contributed by atoms with E-state index < -0.39 is 66.2 Å². The monoisotopic (exact) mass is 542 g/mol. The van der Waals surface area contributed by atoms with Crippen molar-refractivity contribution in [2.45, 2.75) is 50.6 Å². The van der Waals surface area contributed by atoms with Crippen LogP contribution in [0.2, 0.25) is 0 Å². The lowest BCUT2D eigenvalue weighted by Gasteiger charge is -2.26. The summed E-state index contributed by atoms with van der Waals surface area (Å²) in [5.41, 5.74) is -0.613. The van der Waals surface area contributed by atoms with Gasteiger partial charge in [-0.15, -0.1) is 13.2 Å². The Morgan fingerprint density at radius 2 is 1.89 bits per heavy atom. The van der Waals surface area contributed by atoms with Gasteiger partial charge in [-0.1, -0.05) is 12.1 Å². The summed E-state index contributed by atoms with van der Waals surface area (Å²) in [5, 5.41) is 7.13. The summed E-state index contributed by atoms with van der Waals surface area (Å²) in [6.07, 6.45) is -3.43. The van der Waals surface area contributed by atoms with Crippen molar-refractivity contribution in [3.63, 3.8) is 0 Å². The minimum absolute atomic E-state index is 0.0788. The number of ketones is 1. The summed E-state index contributed by atoms with van der Waals surface area (Å²) < 4.78 is 55.1. The zero-order valence-electron chi connectivity index (χ0n) is 20.1. The van der Waals surface area contributed by atoms with Gasteiger partial charge in [0, 0.05) is 19.0 Å². The number of halogens is 4. The van der Waals surface area contributed by atoms with Crippen molar-refractivity contribution in [3.8, 4) is 0 Å². The van der Waals surface area contributed by atoms with Gasteiger partial charge in [0.2, 0.25) is 11.8 Å². The SMILES string of the molecule is O=C(Nc1ccccc1F)C(=O)N1CC2(CC2)C[C@H]1C(=O)N[C@@H](C[C@@H]1CCNC1=O)C(=O)COC(F)(F)F. The summed E-state index contributed by atoms with van der Waals surface area (Å²) in [7, 11) is 0. The zero-order valence-corrected chi connectivity index (χ0v) is 20.1. The molecular formula is C24H26F4N4O6. The van der Waals surface area contributed by atoms with Crippen LogP contribution in [0.3, 0.4) is 0 Å². The number of Topliss-reactive ketones (excluding diaryl/α,β-unsaturated/α-hetero) is 1. The highest BCUT2D eigenvalue weighted by Crippen LogP contribution is 2.54. The highest BCUT2D eigenvalue weighted by molar-refractivity contribution is 6.40. The standard InChI is InChI=1S/C24H26F4N4O6/c25-14-3-1-2-4-15(14)30-21(36)22(37)32-12-23(6-7-23)10-17(32)20(35)31-16(9-13-5-8-29-19(13)34)18(33)11-38-24(26,27)28/h1-4,13,16-17H,5-12H2,(H,29,34)(H,30,36)(H,31,35)/t13-,16-,17-/m0/s1. The molecule has 1 saturated carbocycles. The smallest absolute Gasteiger partial charge is 0.356 e. The lowest BCUT2D eigenvalue weighted by Crippen LogP contribution is -2.53. The van der Waals surface area contributed by atoms with Gasteiger partial charge >= 0.3 is 18.2 Å². The first-order valence-electron chi connectivity index (χ1n) is 12.1. The average molecular weight is 542 g/mol. The Balaban J connectivity index is 1.48. The van der Waals surface area contributed by atoms with Crippen molar-refractivity contribution in [1.82, 2.24) is 15.5 Å². The predicted molar refractivity (Wildman–Crippen MR) is 121 cm³/mol. The number of anilines is 1. The number of ether oxygens (including phenoxy) is 1. The highest BCUT2D eigenvalue weighted by Gasteiger charge is 2.56. The number of hydrogen-bond donors (Lipinski definition) is 3. The molecule has 3 fully saturated rings. The van der Waals surface area contributed by atoms with E-state index in [9.17, 15) is 41.5 Å². The first kappa shape index (κ1) is 27.5. The van der Waals surface area contributed by atoms with Crippen molar-refractivity contribution in [2.24, 2.45) is 11.3 Å². The molecule has 1 aromatic rings. The van der Waals surface area contributed by atoms with Crippen LogP contribution in [0, 0.1) is 17.2 Å². The molecular weight excluding hydrogens is 516 g/mol. The van der Waals surface area contributed by atoms with E-state index in [0.29, 0.717) is 25.8 Å². The van der Waals surface area contributed by atoms with Gasteiger partial charge in [-0.2, -0.15) is 0 Å². The lowest BCUT2D eigenvalue weighted by atomic mass is 9.95. The number of carbonyl (C=O) groups is 5. The molecule has 3 atom stereocenters. The van der Waals surface area contributed by atoms with Gasteiger partial charge in [0.15, 0.2) is 5.78 Å². The molecule has 2 saturated heterocycles. The largest absolute Gasteiger partial charge is 0.522 e. The second kappa shape index (κ2) is 10.7. The quantitative estimate of drug-likeness (QED) is 0.335. The van der Waals surface area contributed by atoms with Crippen LogP contribution >= 0.6 is 0 Å². The van der Waals surface area contributed by atoms with E-state index in [1.54, 1.807) is 0 Å². The summed E-state index contributed by atoms with van der Waals surface area (Å²) in [6, 6.07) is 2.53. The molecule has 0 radical (unpaired) electrons. The molecule has 2 aliphatic heterocycles. The topological polar surface area (TPSA) is 134 Å². The van der Waals surface area contributed by atoms with Crippen molar-refractivity contribution < 1.29 is 46.3 Å². The number of likely N-dealkylation sites (tertiary alicyclic amines) is 1. The summed E-state index contributed by atoms with van der Waals surface area (Å²) >= 11 is 0. The molecule has 1 aliphatic carbocycles. The fourth-order valence-electron chi connectivity index (χ4n) is 4.86. The van der Waals surface area contributed by atoms with E-state index >= 15 is 0 Å². The van der Waals surface area contributed by atoms with Crippen LogP contribution in [0.15, 0.2) is 24.3 Å². The number of nitrogens with one attached hydrogen (secondary N) is 3. The summed E-state index contributed by atoms with van der Waals surface area (Å²) in [6.45, 7) is -0.970.